The van der Waals surface area contributed by atoms with Crippen LogP contribution in [0.3, 0.4) is 0 Å². The summed E-state index contributed by atoms with van der Waals surface area (Å²) in [7, 11) is 4.18. The molecule has 2 rings (SSSR count). The number of benzene rings is 1. The first-order chi connectivity index (χ1) is 8.56. The smallest absolute Gasteiger partial charge is 0.126 e. The van der Waals surface area contributed by atoms with Gasteiger partial charge in [-0.25, -0.2) is 4.39 Å². The van der Waals surface area contributed by atoms with Crippen molar-refractivity contribution in [3.63, 3.8) is 0 Å². The van der Waals surface area contributed by atoms with Gasteiger partial charge in [-0.05, 0) is 45.0 Å². The van der Waals surface area contributed by atoms with Gasteiger partial charge in [0.05, 0.1) is 0 Å². The van der Waals surface area contributed by atoms with Crippen LogP contribution in [0.15, 0.2) is 24.3 Å². The van der Waals surface area contributed by atoms with Gasteiger partial charge in [0.15, 0.2) is 0 Å². The molecular formula is C15H23FN2. The zero-order chi connectivity index (χ0) is 13.2. The van der Waals surface area contributed by atoms with Gasteiger partial charge >= 0.3 is 0 Å². The number of likely N-dealkylation sites (N-methyl/N-ethyl adjacent to an activating group) is 1. The standard InChI is InChI=1S/C15H23FN2/c1-18(2)15(9-5-6-10-15)14(17)11-12-7-3-4-8-13(12)16/h3-4,7-8,14H,5-6,9-11,17H2,1-2H3. The molecule has 18 heavy (non-hydrogen) atoms. The topological polar surface area (TPSA) is 29.3 Å². The van der Waals surface area contributed by atoms with Crippen LogP contribution >= 0.6 is 0 Å². The lowest BCUT2D eigenvalue weighted by molar-refractivity contribution is 0.122. The van der Waals surface area contributed by atoms with Crippen molar-refractivity contribution in [2.75, 3.05) is 14.1 Å². The van der Waals surface area contributed by atoms with Crippen LogP contribution in [-0.2, 0) is 6.42 Å². The van der Waals surface area contributed by atoms with Gasteiger partial charge < -0.3 is 10.6 Å². The molecule has 0 spiro atoms. The van der Waals surface area contributed by atoms with Crippen molar-refractivity contribution in [3.8, 4) is 0 Å². The summed E-state index contributed by atoms with van der Waals surface area (Å²) in [5.41, 5.74) is 7.19. The zero-order valence-corrected chi connectivity index (χ0v) is 11.3. The Bertz CT molecular complexity index is 397. The molecule has 0 heterocycles. The highest BCUT2D eigenvalue weighted by molar-refractivity contribution is 5.20. The van der Waals surface area contributed by atoms with Crippen LogP contribution in [0.4, 0.5) is 4.39 Å². The first kappa shape index (κ1) is 13.5. The van der Waals surface area contributed by atoms with Gasteiger partial charge in [-0.1, -0.05) is 31.0 Å². The van der Waals surface area contributed by atoms with Gasteiger partial charge in [0, 0.05) is 11.6 Å². The van der Waals surface area contributed by atoms with Crippen LogP contribution in [0.2, 0.25) is 0 Å². The summed E-state index contributed by atoms with van der Waals surface area (Å²) in [4.78, 5) is 2.24. The van der Waals surface area contributed by atoms with Gasteiger partial charge in [-0.3, -0.25) is 0 Å². The number of hydrogen-bond donors (Lipinski definition) is 1. The zero-order valence-electron chi connectivity index (χ0n) is 11.3. The first-order valence-electron chi connectivity index (χ1n) is 6.73. The molecular weight excluding hydrogens is 227 g/mol. The van der Waals surface area contributed by atoms with Crippen LogP contribution in [0.25, 0.3) is 0 Å². The summed E-state index contributed by atoms with van der Waals surface area (Å²) in [5, 5.41) is 0. The number of hydrogen-bond acceptors (Lipinski definition) is 2. The highest BCUT2D eigenvalue weighted by Gasteiger charge is 2.41. The van der Waals surface area contributed by atoms with Crippen molar-refractivity contribution in [2.45, 2.75) is 43.7 Å². The van der Waals surface area contributed by atoms with E-state index < -0.39 is 0 Å². The van der Waals surface area contributed by atoms with E-state index in [2.05, 4.69) is 19.0 Å². The van der Waals surface area contributed by atoms with E-state index in [1.54, 1.807) is 6.07 Å². The maximum Gasteiger partial charge on any atom is 0.126 e. The SMILES string of the molecule is CN(C)C1(C(N)Cc2ccccc2F)CCCC1. The number of nitrogens with zero attached hydrogens (tertiary/aromatic N) is 1. The van der Waals surface area contributed by atoms with Crippen LogP contribution in [-0.4, -0.2) is 30.6 Å². The van der Waals surface area contributed by atoms with E-state index in [0.717, 1.165) is 18.4 Å². The van der Waals surface area contributed by atoms with Crippen LogP contribution < -0.4 is 5.73 Å². The van der Waals surface area contributed by atoms with Gasteiger partial charge in [0.1, 0.15) is 5.82 Å². The molecule has 1 unspecified atom stereocenters. The van der Waals surface area contributed by atoms with Crippen molar-refractivity contribution in [1.82, 2.24) is 4.90 Å². The van der Waals surface area contributed by atoms with E-state index in [9.17, 15) is 4.39 Å². The maximum absolute atomic E-state index is 13.7. The van der Waals surface area contributed by atoms with E-state index >= 15 is 0 Å². The second kappa shape index (κ2) is 5.37. The molecule has 0 aliphatic heterocycles. The predicted octanol–water partition coefficient (Wildman–Crippen LogP) is 2.57. The lowest BCUT2D eigenvalue weighted by Crippen LogP contribution is -2.56. The average molecular weight is 250 g/mol. The van der Waals surface area contributed by atoms with Gasteiger partial charge in [0.25, 0.3) is 0 Å². The molecule has 1 saturated carbocycles. The van der Waals surface area contributed by atoms with Crippen molar-refractivity contribution < 1.29 is 4.39 Å². The number of rotatable bonds is 4. The minimum Gasteiger partial charge on any atom is -0.326 e. The van der Waals surface area contributed by atoms with E-state index in [-0.39, 0.29) is 17.4 Å². The molecule has 0 saturated heterocycles. The Labute approximate surface area is 109 Å². The summed E-state index contributed by atoms with van der Waals surface area (Å²) in [6, 6.07) is 6.95. The average Bonchev–Trinajstić information content (AvgIpc) is 2.82. The second-order valence-corrected chi connectivity index (χ2v) is 5.61. The lowest BCUT2D eigenvalue weighted by Gasteiger charge is -2.41. The van der Waals surface area contributed by atoms with Crippen molar-refractivity contribution >= 4 is 0 Å². The summed E-state index contributed by atoms with van der Waals surface area (Å²) in [5.74, 6) is -0.139. The fourth-order valence-electron chi connectivity index (χ4n) is 3.23. The third-order valence-corrected chi connectivity index (χ3v) is 4.45. The van der Waals surface area contributed by atoms with Crippen LogP contribution in [0.1, 0.15) is 31.2 Å². The molecule has 0 radical (unpaired) electrons. The highest BCUT2D eigenvalue weighted by atomic mass is 19.1. The molecule has 1 atom stereocenters. The summed E-state index contributed by atoms with van der Waals surface area (Å²) < 4.78 is 13.7. The minimum absolute atomic E-state index is 0.00750. The summed E-state index contributed by atoms with van der Waals surface area (Å²) in [6.07, 6.45) is 5.31. The normalized spacial score (nSPS) is 20.3. The van der Waals surface area contributed by atoms with Crippen LogP contribution in [0, 0.1) is 5.82 Å². The van der Waals surface area contributed by atoms with E-state index in [0.29, 0.717) is 6.42 Å². The van der Waals surface area contributed by atoms with E-state index in [4.69, 9.17) is 5.73 Å². The van der Waals surface area contributed by atoms with Gasteiger partial charge in [-0.2, -0.15) is 0 Å². The molecule has 1 aromatic carbocycles. The maximum atomic E-state index is 13.7. The Balaban J connectivity index is 2.16. The van der Waals surface area contributed by atoms with Crippen LogP contribution in [0.5, 0.6) is 0 Å². The molecule has 2 N–H and O–H groups in total. The van der Waals surface area contributed by atoms with E-state index in [1.807, 2.05) is 12.1 Å². The molecule has 3 heteroatoms. The molecule has 1 fully saturated rings. The molecule has 2 nitrogen and oxygen atoms in total. The third-order valence-electron chi connectivity index (χ3n) is 4.45. The van der Waals surface area contributed by atoms with Gasteiger partial charge in [0.2, 0.25) is 0 Å². The molecule has 1 aliphatic rings. The largest absolute Gasteiger partial charge is 0.326 e. The third kappa shape index (κ3) is 2.43. The molecule has 0 amide bonds. The quantitative estimate of drug-likeness (QED) is 0.890. The highest BCUT2D eigenvalue weighted by Crippen LogP contribution is 2.37. The molecule has 1 aliphatic carbocycles. The lowest BCUT2D eigenvalue weighted by atomic mass is 9.83. The summed E-state index contributed by atoms with van der Waals surface area (Å²) >= 11 is 0. The number of nitrogens with two attached hydrogens (primary N) is 1. The Morgan fingerprint density at radius 3 is 2.44 bits per heavy atom. The Morgan fingerprint density at radius 1 is 1.28 bits per heavy atom. The number of halogens is 1. The predicted molar refractivity (Wildman–Crippen MR) is 73.0 cm³/mol. The molecule has 100 valence electrons. The monoisotopic (exact) mass is 250 g/mol. The molecule has 1 aromatic rings. The van der Waals surface area contributed by atoms with Crippen molar-refractivity contribution in [2.24, 2.45) is 5.73 Å². The van der Waals surface area contributed by atoms with Crippen molar-refractivity contribution in [1.29, 1.82) is 0 Å². The minimum atomic E-state index is -0.139. The second-order valence-electron chi connectivity index (χ2n) is 5.61. The summed E-state index contributed by atoms with van der Waals surface area (Å²) in [6.45, 7) is 0. The Hall–Kier alpha value is -0.930. The fourth-order valence-corrected chi connectivity index (χ4v) is 3.23. The fraction of sp³-hybridized carbons (Fsp3) is 0.600. The first-order valence-corrected chi connectivity index (χ1v) is 6.73. The molecule has 0 aromatic heterocycles. The van der Waals surface area contributed by atoms with E-state index in [1.165, 1.54) is 18.9 Å². The molecule has 0 bridgehead atoms. The Morgan fingerprint density at radius 2 is 1.89 bits per heavy atom. The van der Waals surface area contributed by atoms with Crippen molar-refractivity contribution in [3.05, 3.63) is 35.6 Å². The Kier molecular flexibility index (Phi) is 4.03. The van der Waals surface area contributed by atoms with Gasteiger partial charge in [-0.15, -0.1) is 0 Å².